The first-order chi connectivity index (χ1) is 17.1. The number of hydrogen-bond donors (Lipinski definition) is 2. The summed E-state index contributed by atoms with van der Waals surface area (Å²) in [6.07, 6.45) is 3.45. The Morgan fingerprint density at radius 3 is 2.57 bits per heavy atom. The van der Waals surface area contributed by atoms with Gasteiger partial charge in [0.1, 0.15) is 6.26 Å². The van der Waals surface area contributed by atoms with Gasteiger partial charge in [-0.25, -0.2) is 9.78 Å². The van der Waals surface area contributed by atoms with E-state index in [9.17, 15) is 9.59 Å². The van der Waals surface area contributed by atoms with Crippen molar-refractivity contribution in [2.75, 3.05) is 49.6 Å². The second-order valence-corrected chi connectivity index (χ2v) is 8.64. The van der Waals surface area contributed by atoms with Crippen molar-refractivity contribution < 1.29 is 18.7 Å². The fourth-order valence-electron chi connectivity index (χ4n) is 4.66. The fourth-order valence-corrected chi connectivity index (χ4v) is 4.66. The molecular formula is C26H29N5O4. The van der Waals surface area contributed by atoms with Crippen LogP contribution in [-0.2, 0) is 17.7 Å². The summed E-state index contributed by atoms with van der Waals surface area (Å²) in [7, 11) is 0. The van der Waals surface area contributed by atoms with Gasteiger partial charge in [0.05, 0.1) is 13.2 Å². The number of fused-ring (bicyclic) bond motifs is 1. The number of rotatable bonds is 5. The highest BCUT2D eigenvalue weighted by molar-refractivity contribution is 5.92. The average Bonchev–Trinajstić information content (AvgIpc) is 3.43. The zero-order chi connectivity index (χ0) is 24.2. The Bertz CT molecular complexity index is 1190. The summed E-state index contributed by atoms with van der Waals surface area (Å²) in [5.74, 6) is -0.122. The van der Waals surface area contributed by atoms with Gasteiger partial charge in [0.25, 0.3) is 5.91 Å². The second kappa shape index (κ2) is 10.2. The van der Waals surface area contributed by atoms with Crippen LogP contribution in [0.25, 0.3) is 11.1 Å². The molecule has 0 bridgehead atoms. The predicted octanol–water partition coefficient (Wildman–Crippen LogP) is 3.52. The molecule has 5 rings (SSSR count). The molecule has 2 N–H and O–H groups in total. The standard InChI is InChI=1S/C26H29N5O4/c1-2-27-26(33)29-21-5-3-18(4-6-21)19-13-20-15-31(25(32)23-16-35-17-28-23)8-7-22(20)24(14-19)30-9-11-34-12-10-30/h3-6,13-14,16-17H,2,7-12,15H2,1H3,(H2,27,29,33). The van der Waals surface area contributed by atoms with E-state index >= 15 is 0 Å². The smallest absolute Gasteiger partial charge is 0.319 e. The summed E-state index contributed by atoms with van der Waals surface area (Å²) in [6.45, 7) is 6.69. The van der Waals surface area contributed by atoms with E-state index in [-0.39, 0.29) is 11.9 Å². The van der Waals surface area contributed by atoms with Gasteiger partial charge in [0.15, 0.2) is 12.1 Å². The third-order valence-electron chi connectivity index (χ3n) is 6.42. The number of anilines is 2. The number of oxazole rings is 1. The molecule has 3 aromatic rings. The number of urea groups is 1. The van der Waals surface area contributed by atoms with E-state index in [1.54, 1.807) is 0 Å². The van der Waals surface area contributed by atoms with Crippen molar-refractivity contribution in [2.45, 2.75) is 19.9 Å². The second-order valence-electron chi connectivity index (χ2n) is 8.64. The third-order valence-corrected chi connectivity index (χ3v) is 6.42. The Labute approximate surface area is 204 Å². The molecule has 0 unspecified atom stereocenters. The van der Waals surface area contributed by atoms with E-state index in [0.717, 1.165) is 41.9 Å². The van der Waals surface area contributed by atoms with E-state index in [1.807, 2.05) is 36.1 Å². The molecule has 3 amide bonds. The van der Waals surface area contributed by atoms with E-state index in [0.29, 0.717) is 38.5 Å². The number of nitrogens with zero attached hydrogens (tertiary/aromatic N) is 3. The maximum absolute atomic E-state index is 12.9. The molecule has 35 heavy (non-hydrogen) atoms. The maximum Gasteiger partial charge on any atom is 0.319 e. The summed E-state index contributed by atoms with van der Waals surface area (Å²) in [5, 5.41) is 5.57. The number of hydrogen-bond acceptors (Lipinski definition) is 6. The Kier molecular flexibility index (Phi) is 6.67. The first kappa shape index (κ1) is 22.9. The summed E-state index contributed by atoms with van der Waals surface area (Å²) < 4.78 is 10.6. The van der Waals surface area contributed by atoms with Crippen molar-refractivity contribution in [1.29, 1.82) is 0 Å². The van der Waals surface area contributed by atoms with Crippen molar-refractivity contribution in [1.82, 2.24) is 15.2 Å². The van der Waals surface area contributed by atoms with Crippen LogP contribution in [0, 0.1) is 0 Å². The predicted molar refractivity (Wildman–Crippen MR) is 133 cm³/mol. The van der Waals surface area contributed by atoms with Crippen LogP contribution >= 0.6 is 0 Å². The fraction of sp³-hybridized carbons (Fsp3) is 0.346. The van der Waals surface area contributed by atoms with E-state index in [4.69, 9.17) is 9.15 Å². The maximum atomic E-state index is 12.9. The van der Waals surface area contributed by atoms with Gasteiger partial charge in [0.2, 0.25) is 0 Å². The summed E-state index contributed by atoms with van der Waals surface area (Å²) >= 11 is 0. The molecule has 0 spiro atoms. The lowest BCUT2D eigenvalue weighted by Crippen LogP contribution is -2.40. The van der Waals surface area contributed by atoms with Crippen molar-refractivity contribution in [3.63, 3.8) is 0 Å². The molecule has 2 aromatic carbocycles. The lowest BCUT2D eigenvalue weighted by Gasteiger charge is -2.35. The molecule has 3 heterocycles. The molecule has 9 nitrogen and oxygen atoms in total. The number of nitrogens with one attached hydrogen (secondary N) is 2. The van der Waals surface area contributed by atoms with Gasteiger partial charge < -0.3 is 29.6 Å². The molecule has 1 fully saturated rings. The van der Waals surface area contributed by atoms with Crippen LogP contribution in [0.2, 0.25) is 0 Å². The topological polar surface area (TPSA) is 99.9 Å². The number of amides is 3. The molecule has 0 aliphatic carbocycles. The molecule has 9 heteroatoms. The number of morpholine rings is 1. The van der Waals surface area contributed by atoms with E-state index in [1.165, 1.54) is 23.9 Å². The Morgan fingerprint density at radius 2 is 1.86 bits per heavy atom. The minimum Gasteiger partial charge on any atom is -0.451 e. The van der Waals surface area contributed by atoms with E-state index < -0.39 is 0 Å². The van der Waals surface area contributed by atoms with Crippen molar-refractivity contribution >= 4 is 23.3 Å². The SMILES string of the molecule is CCNC(=O)Nc1ccc(-c2cc3c(c(N4CCOCC4)c2)CCN(C(=O)c2cocn2)C3)cc1. The lowest BCUT2D eigenvalue weighted by molar-refractivity contribution is 0.0728. The zero-order valence-electron chi connectivity index (χ0n) is 19.8. The largest absolute Gasteiger partial charge is 0.451 e. The Morgan fingerprint density at radius 1 is 1.06 bits per heavy atom. The van der Waals surface area contributed by atoms with Crippen molar-refractivity contribution in [3.8, 4) is 11.1 Å². The van der Waals surface area contributed by atoms with Crippen LogP contribution in [0.3, 0.4) is 0 Å². The molecule has 0 radical (unpaired) electrons. The highest BCUT2D eigenvalue weighted by Crippen LogP contribution is 2.35. The van der Waals surface area contributed by atoms with Crippen LogP contribution in [0.1, 0.15) is 28.5 Å². The number of ether oxygens (including phenoxy) is 1. The molecule has 1 aromatic heterocycles. The third kappa shape index (κ3) is 5.00. The van der Waals surface area contributed by atoms with Gasteiger partial charge in [-0.1, -0.05) is 12.1 Å². The van der Waals surface area contributed by atoms with Gasteiger partial charge in [-0.3, -0.25) is 4.79 Å². The Hall–Kier alpha value is -3.85. The van der Waals surface area contributed by atoms with E-state index in [2.05, 4.69) is 32.7 Å². The van der Waals surface area contributed by atoms with Crippen molar-refractivity contribution in [3.05, 3.63) is 65.9 Å². The highest BCUT2D eigenvalue weighted by atomic mass is 16.5. The first-order valence-electron chi connectivity index (χ1n) is 11.9. The summed E-state index contributed by atoms with van der Waals surface area (Å²) in [6, 6.07) is 12.0. The number of benzene rings is 2. The number of aromatic nitrogens is 1. The Balaban J connectivity index is 1.46. The summed E-state index contributed by atoms with van der Waals surface area (Å²) in [5.41, 5.74) is 6.81. The van der Waals surface area contributed by atoms with Gasteiger partial charge in [0, 0.05) is 44.1 Å². The molecule has 1 saturated heterocycles. The monoisotopic (exact) mass is 475 g/mol. The van der Waals surface area contributed by atoms with Crippen LogP contribution in [0.4, 0.5) is 16.2 Å². The minimum absolute atomic E-state index is 0.122. The highest BCUT2D eigenvalue weighted by Gasteiger charge is 2.27. The quantitative estimate of drug-likeness (QED) is 0.586. The van der Waals surface area contributed by atoms with Gasteiger partial charge in [-0.2, -0.15) is 0 Å². The number of carbonyl (C=O) groups is 2. The van der Waals surface area contributed by atoms with Crippen LogP contribution in [0.5, 0.6) is 0 Å². The molecular weight excluding hydrogens is 446 g/mol. The van der Waals surface area contributed by atoms with Crippen LogP contribution < -0.4 is 15.5 Å². The normalized spacial score (nSPS) is 15.5. The van der Waals surface area contributed by atoms with Gasteiger partial charge in [-0.05, 0) is 59.9 Å². The first-order valence-corrected chi connectivity index (χ1v) is 11.9. The van der Waals surface area contributed by atoms with Gasteiger partial charge in [-0.15, -0.1) is 0 Å². The molecule has 2 aliphatic heterocycles. The molecule has 0 atom stereocenters. The summed E-state index contributed by atoms with van der Waals surface area (Å²) in [4.78, 5) is 33.0. The molecule has 2 aliphatic rings. The molecule has 182 valence electrons. The van der Waals surface area contributed by atoms with Crippen molar-refractivity contribution in [2.24, 2.45) is 0 Å². The van der Waals surface area contributed by atoms with Crippen LogP contribution in [0.15, 0.2) is 53.5 Å². The van der Waals surface area contributed by atoms with Crippen LogP contribution in [-0.4, -0.2) is 61.2 Å². The average molecular weight is 476 g/mol. The minimum atomic E-state index is -0.222. The number of carbonyl (C=O) groups excluding carboxylic acids is 2. The zero-order valence-corrected chi connectivity index (χ0v) is 19.8. The lowest BCUT2D eigenvalue weighted by atomic mass is 9.92. The van der Waals surface area contributed by atoms with Gasteiger partial charge >= 0.3 is 6.03 Å². The molecule has 0 saturated carbocycles.